The molecule has 82 valence electrons. The van der Waals surface area contributed by atoms with Crippen LogP contribution >= 0.6 is 0 Å². The quantitative estimate of drug-likeness (QED) is 0.731. The van der Waals surface area contributed by atoms with Crippen molar-refractivity contribution in [3.05, 3.63) is 33.7 Å². The Morgan fingerprint density at radius 1 is 1.53 bits per heavy atom. The van der Waals surface area contributed by atoms with Crippen molar-refractivity contribution < 1.29 is 4.79 Å². The third kappa shape index (κ3) is 2.94. The normalized spacial score (nSPS) is 10.0. The Balaban J connectivity index is 2.78. The number of rotatable bonds is 4. The highest BCUT2D eigenvalue weighted by atomic mass is 16.2. The predicted molar refractivity (Wildman–Crippen MR) is 59.0 cm³/mol. The highest BCUT2D eigenvalue weighted by molar-refractivity contribution is 5.95. The van der Waals surface area contributed by atoms with Crippen LogP contribution in [0.15, 0.2) is 17.1 Å². The molecule has 0 aromatic carbocycles. The number of amides is 1. The van der Waals surface area contributed by atoms with Gasteiger partial charge in [0.05, 0.1) is 0 Å². The molecule has 0 saturated heterocycles. The lowest BCUT2D eigenvalue weighted by atomic mass is 10.1. The standard InChI is InChI=1S/C11H16N2O2/c1-3-4-6-12-10(14)9-8(2)5-7-13-11(9)15/h5,7H,3-4,6H2,1-2H3,(H,12,14)(H,13,15). The Kier molecular flexibility index (Phi) is 4.09. The number of carbonyl (C=O) groups is 1. The van der Waals surface area contributed by atoms with Crippen LogP contribution in [-0.4, -0.2) is 17.4 Å². The molecule has 1 aromatic heterocycles. The first-order valence-corrected chi connectivity index (χ1v) is 5.13. The third-order valence-electron chi connectivity index (χ3n) is 2.21. The molecular formula is C11H16N2O2. The van der Waals surface area contributed by atoms with E-state index in [0.717, 1.165) is 12.8 Å². The molecule has 4 heteroatoms. The average Bonchev–Trinajstić information content (AvgIpc) is 2.18. The van der Waals surface area contributed by atoms with Gasteiger partial charge in [-0.1, -0.05) is 13.3 Å². The molecule has 15 heavy (non-hydrogen) atoms. The molecule has 4 nitrogen and oxygen atoms in total. The third-order valence-corrected chi connectivity index (χ3v) is 2.21. The molecule has 2 N–H and O–H groups in total. The minimum Gasteiger partial charge on any atom is -0.352 e. The SMILES string of the molecule is CCCCNC(=O)c1c(C)cc[nH]c1=O. The van der Waals surface area contributed by atoms with Gasteiger partial charge in [0, 0.05) is 12.7 Å². The second kappa shape index (κ2) is 5.34. The molecule has 1 heterocycles. The first-order chi connectivity index (χ1) is 7.16. The first-order valence-electron chi connectivity index (χ1n) is 5.13. The summed E-state index contributed by atoms with van der Waals surface area (Å²) in [7, 11) is 0. The fourth-order valence-electron chi connectivity index (χ4n) is 1.33. The number of carbonyl (C=O) groups excluding carboxylic acids is 1. The van der Waals surface area contributed by atoms with E-state index in [2.05, 4.69) is 10.3 Å². The highest BCUT2D eigenvalue weighted by Crippen LogP contribution is 1.99. The fraction of sp³-hybridized carbons (Fsp3) is 0.455. The summed E-state index contributed by atoms with van der Waals surface area (Å²) < 4.78 is 0. The van der Waals surface area contributed by atoms with Gasteiger partial charge in [-0.05, 0) is 25.0 Å². The van der Waals surface area contributed by atoms with Crippen LogP contribution in [0.3, 0.4) is 0 Å². The Labute approximate surface area is 88.7 Å². The molecule has 0 aliphatic carbocycles. The minimum absolute atomic E-state index is 0.216. The summed E-state index contributed by atoms with van der Waals surface area (Å²) in [5, 5.41) is 2.72. The smallest absolute Gasteiger partial charge is 0.261 e. The van der Waals surface area contributed by atoms with Gasteiger partial charge in [0.25, 0.3) is 11.5 Å². The summed E-state index contributed by atoms with van der Waals surface area (Å²) in [4.78, 5) is 25.5. The summed E-state index contributed by atoms with van der Waals surface area (Å²) >= 11 is 0. The number of hydrogen-bond donors (Lipinski definition) is 2. The molecule has 0 aliphatic heterocycles. The van der Waals surface area contributed by atoms with Crippen molar-refractivity contribution in [2.45, 2.75) is 26.7 Å². The maximum Gasteiger partial charge on any atom is 0.261 e. The Hall–Kier alpha value is -1.58. The lowest BCUT2D eigenvalue weighted by molar-refractivity contribution is 0.0951. The highest BCUT2D eigenvalue weighted by Gasteiger charge is 2.11. The predicted octanol–water partition coefficient (Wildman–Crippen LogP) is 1.21. The first kappa shape index (κ1) is 11.5. The fourth-order valence-corrected chi connectivity index (χ4v) is 1.33. The second-order valence-corrected chi connectivity index (χ2v) is 3.47. The second-order valence-electron chi connectivity index (χ2n) is 3.47. The lowest BCUT2D eigenvalue weighted by Crippen LogP contribution is -2.31. The van der Waals surface area contributed by atoms with Crippen LogP contribution in [0.1, 0.15) is 35.7 Å². The number of aromatic amines is 1. The van der Waals surface area contributed by atoms with Gasteiger partial charge in [-0.15, -0.1) is 0 Å². The van der Waals surface area contributed by atoms with E-state index in [1.807, 2.05) is 6.92 Å². The van der Waals surface area contributed by atoms with E-state index in [9.17, 15) is 9.59 Å². The molecule has 0 unspecified atom stereocenters. The molecule has 1 aromatic rings. The van der Waals surface area contributed by atoms with Gasteiger partial charge < -0.3 is 10.3 Å². The summed E-state index contributed by atoms with van der Waals surface area (Å²) in [6.07, 6.45) is 3.49. The van der Waals surface area contributed by atoms with E-state index in [1.165, 1.54) is 0 Å². The van der Waals surface area contributed by atoms with Gasteiger partial charge in [0.15, 0.2) is 0 Å². The molecular weight excluding hydrogens is 192 g/mol. The number of pyridine rings is 1. The maximum absolute atomic E-state index is 11.6. The minimum atomic E-state index is -0.330. The number of unbranched alkanes of at least 4 members (excludes halogenated alkanes) is 1. The van der Waals surface area contributed by atoms with Crippen LogP contribution in [0.4, 0.5) is 0 Å². The van der Waals surface area contributed by atoms with Crippen LogP contribution in [-0.2, 0) is 0 Å². The van der Waals surface area contributed by atoms with Crippen molar-refractivity contribution in [2.24, 2.45) is 0 Å². The van der Waals surface area contributed by atoms with Crippen LogP contribution < -0.4 is 10.9 Å². The molecule has 0 fully saturated rings. The molecule has 0 aliphatic rings. The molecule has 0 atom stereocenters. The van der Waals surface area contributed by atoms with Gasteiger partial charge in [-0.25, -0.2) is 0 Å². The van der Waals surface area contributed by atoms with Crippen molar-refractivity contribution >= 4 is 5.91 Å². The van der Waals surface area contributed by atoms with Crippen LogP contribution in [0.2, 0.25) is 0 Å². The Bertz CT molecular complexity index is 396. The zero-order valence-electron chi connectivity index (χ0n) is 9.09. The monoisotopic (exact) mass is 208 g/mol. The zero-order chi connectivity index (χ0) is 11.3. The number of hydrogen-bond acceptors (Lipinski definition) is 2. The van der Waals surface area contributed by atoms with Crippen molar-refractivity contribution in [1.29, 1.82) is 0 Å². The van der Waals surface area contributed by atoms with E-state index in [4.69, 9.17) is 0 Å². The molecule has 0 saturated carbocycles. The number of aromatic nitrogens is 1. The van der Waals surface area contributed by atoms with Crippen molar-refractivity contribution in [3.63, 3.8) is 0 Å². The summed E-state index contributed by atoms with van der Waals surface area (Å²) in [6, 6.07) is 1.72. The van der Waals surface area contributed by atoms with Crippen LogP contribution in [0, 0.1) is 6.92 Å². The Morgan fingerprint density at radius 2 is 2.27 bits per heavy atom. The number of aryl methyl sites for hydroxylation is 1. The van der Waals surface area contributed by atoms with Gasteiger partial charge in [-0.2, -0.15) is 0 Å². The van der Waals surface area contributed by atoms with Crippen LogP contribution in [0.25, 0.3) is 0 Å². The van der Waals surface area contributed by atoms with Crippen molar-refractivity contribution in [1.82, 2.24) is 10.3 Å². The molecule has 1 rings (SSSR count). The largest absolute Gasteiger partial charge is 0.352 e. The van der Waals surface area contributed by atoms with E-state index in [1.54, 1.807) is 19.2 Å². The summed E-state index contributed by atoms with van der Waals surface area (Å²) in [6.45, 7) is 4.42. The van der Waals surface area contributed by atoms with Crippen molar-refractivity contribution in [3.8, 4) is 0 Å². The van der Waals surface area contributed by atoms with E-state index in [0.29, 0.717) is 12.1 Å². The molecule has 0 radical (unpaired) electrons. The molecule has 1 amide bonds. The van der Waals surface area contributed by atoms with E-state index in [-0.39, 0.29) is 17.0 Å². The van der Waals surface area contributed by atoms with Gasteiger partial charge in [0.2, 0.25) is 0 Å². The lowest BCUT2D eigenvalue weighted by Gasteiger charge is -2.05. The average molecular weight is 208 g/mol. The molecule has 0 bridgehead atoms. The van der Waals surface area contributed by atoms with Gasteiger partial charge >= 0.3 is 0 Å². The van der Waals surface area contributed by atoms with E-state index >= 15 is 0 Å². The molecule has 0 spiro atoms. The van der Waals surface area contributed by atoms with Crippen molar-refractivity contribution in [2.75, 3.05) is 6.54 Å². The van der Waals surface area contributed by atoms with Crippen LogP contribution in [0.5, 0.6) is 0 Å². The summed E-state index contributed by atoms with van der Waals surface area (Å²) in [5.74, 6) is -0.289. The maximum atomic E-state index is 11.6. The zero-order valence-corrected chi connectivity index (χ0v) is 9.09. The number of nitrogens with one attached hydrogen (secondary N) is 2. The number of H-pyrrole nitrogens is 1. The van der Waals surface area contributed by atoms with E-state index < -0.39 is 0 Å². The van der Waals surface area contributed by atoms with Gasteiger partial charge in [0.1, 0.15) is 5.56 Å². The van der Waals surface area contributed by atoms with Gasteiger partial charge in [-0.3, -0.25) is 9.59 Å². The topological polar surface area (TPSA) is 62.0 Å². The summed E-state index contributed by atoms with van der Waals surface area (Å²) in [5.41, 5.74) is 0.588. The Morgan fingerprint density at radius 3 is 2.87 bits per heavy atom.